The predicted molar refractivity (Wildman–Crippen MR) is 168 cm³/mol. The SMILES string of the molecule is c1ccc(-c2nc(-c3ccccc3)nc(-c3ccc4cc(N(c5ccccc5)c5ccccc5)ccc4c3)n2)cc1. The first kappa shape index (κ1) is 24.4. The third-order valence-electron chi connectivity index (χ3n) is 7.07. The Morgan fingerprint density at radius 3 is 1.24 bits per heavy atom. The van der Waals surface area contributed by atoms with E-state index in [2.05, 4.69) is 89.8 Å². The van der Waals surface area contributed by atoms with E-state index in [9.17, 15) is 0 Å². The minimum Gasteiger partial charge on any atom is -0.310 e. The van der Waals surface area contributed by atoms with E-state index in [1.54, 1.807) is 0 Å². The molecule has 7 rings (SSSR count). The molecule has 0 radical (unpaired) electrons. The molecule has 0 spiro atoms. The number of anilines is 3. The van der Waals surface area contributed by atoms with Gasteiger partial charge in [-0.15, -0.1) is 0 Å². The first-order valence-electron chi connectivity index (χ1n) is 13.6. The van der Waals surface area contributed by atoms with E-state index in [-0.39, 0.29) is 0 Å². The van der Waals surface area contributed by atoms with Crippen LogP contribution in [0.3, 0.4) is 0 Å². The summed E-state index contributed by atoms with van der Waals surface area (Å²) < 4.78 is 0. The van der Waals surface area contributed by atoms with Gasteiger partial charge in [0.05, 0.1) is 0 Å². The lowest BCUT2D eigenvalue weighted by Gasteiger charge is -2.25. The number of hydrogen-bond donors (Lipinski definition) is 0. The van der Waals surface area contributed by atoms with Crippen molar-refractivity contribution in [2.24, 2.45) is 0 Å². The van der Waals surface area contributed by atoms with E-state index in [1.165, 1.54) is 0 Å². The third kappa shape index (κ3) is 5.07. The molecule has 4 heteroatoms. The number of nitrogens with zero attached hydrogens (tertiary/aromatic N) is 4. The number of hydrogen-bond acceptors (Lipinski definition) is 4. The Balaban J connectivity index is 1.32. The smallest absolute Gasteiger partial charge is 0.164 e. The average molecular weight is 527 g/mol. The molecule has 1 heterocycles. The van der Waals surface area contributed by atoms with E-state index in [4.69, 9.17) is 15.0 Å². The zero-order valence-electron chi connectivity index (χ0n) is 22.3. The lowest BCUT2D eigenvalue weighted by Crippen LogP contribution is -2.09. The lowest BCUT2D eigenvalue weighted by molar-refractivity contribution is 1.07. The fourth-order valence-corrected chi connectivity index (χ4v) is 5.05. The Morgan fingerprint density at radius 1 is 0.317 bits per heavy atom. The summed E-state index contributed by atoms with van der Waals surface area (Å²) in [4.78, 5) is 16.9. The highest BCUT2D eigenvalue weighted by atomic mass is 15.1. The van der Waals surface area contributed by atoms with E-state index < -0.39 is 0 Å². The maximum absolute atomic E-state index is 4.90. The minimum atomic E-state index is 0.652. The number of benzene rings is 6. The van der Waals surface area contributed by atoms with Gasteiger partial charge in [0.1, 0.15) is 0 Å². The Kier molecular flexibility index (Phi) is 6.48. The lowest BCUT2D eigenvalue weighted by atomic mass is 10.0. The first-order chi connectivity index (χ1) is 20.3. The van der Waals surface area contributed by atoms with Gasteiger partial charge in [0, 0.05) is 33.8 Å². The molecule has 0 atom stereocenters. The molecule has 0 fully saturated rings. The Labute approximate surface area is 239 Å². The van der Waals surface area contributed by atoms with Gasteiger partial charge in [-0.05, 0) is 53.2 Å². The topological polar surface area (TPSA) is 41.9 Å². The molecule has 0 N–H and O–H groups in total. The maximum atomic E-state index is 4.90. The summed E-state index contributed by atoms with van der Waals surface area (Å²) in [5.41, 5.74) is 6.19. The van der Waals surface area contributed by atoms with Crippen molar-refractivity contribution in [3.8, 4) is 34.2 Å². The number of fused-ring (bicyclic) bond motifs is 1. The quantitative estimate of drug-likeness (QED) is 0.216. The largest absolute Gasteiger partial charge is 0.310 e. The Bertz CT molecular complexity index is 1830. The first-order valence-corrected chi connectivity index (χ1v) is 13.6. The summed E-state index contributed by atoms with van der Waals surface area (Å²) in [5.74, 6) is 1.97. The van der Waals surface area contributed by atoms with Crippen LogP contribution in [-0.4, -0.2) is 15.0 Å². The molecule has 0 saturated carbocycles. The fourth-order valence-electron chi connectivity index (χ4n) is 5.05. The summed E-state index contributed by atoms with van der Waals surface area (Å²) in [6.07, 6.45) is 0. The Morgan fingerprint density at radius 2 is 0.732 bits per heavy atom. The van der Waals surface area contributed by atoms with Gasteiger partial charge in [0.2, 0.25) is 0 Å². The normalized spacial score (nSPS) is 10.9. The van der Waals surface area contributed by atoms with Crippen molar-refractivity contribution in [1.29, 1.82) is 0 Å². The van der Waals surface area contributed by atoms with Crippen LogP contribution in [0.15, 0.2) is 158 Å². The molecule has 41 heavy (non-hydrogen) atoms. The second-order valence-electron chi connectivity index (χ2n) is 9.79. The summed E-state index contributed by atoms with van der Waals surface area (Å²) in [6, 6.07) is 54.0. The molecular formula is C37H26N4. The van der Waals surface area contributed by atoms with Gasteiger partial charge in [0.15, 0.2) is 17.5 Å². The highest BCUT2D eigenvalue weighted by Gasteiger charge is 2.15. The molecule has 0 unspecified atom stereocenters. The molecule has 0 aliphatic heterocycles. The van der Waals surface area contributed by atoms with Crippen LogP contribution < -0.4 is 4.90 Å². The van der Waals surface area contributed by atoms with Crippen LogP contribution in [0.4, 0.5) is 17.1 Å². The zero-order valence-corrected chi connectivity index (χ0v) is 22.3. The van der Waals surface area contributed by atoms with E-state index in [0.717, 1.165) is 44.5 Å². The summed E-state index contributed by atoms with van der Waals surface area (Å²) >= 11 is 0. The zero-order chi connectivity index (χ0) is 27.4. The van der Waals surface area contributed by atoms with Gasteiger partial charge in [0.25, 0.3) is 0 Å². The van der Waals surface area contributed by atoms with Gasteiger partial charge in [-0.1, -0.05) is 115 Å². The average Bonchev–Trinajstić information content (AvgIpc) is 3.06. The second-order valence-corrected chi connectivity index (χ2v) is 9.79. The maximum Gasteiger partial charge on any atom is 0.164 e. The molecule has 0 aliphatic rings. The molecule has 0 bridgehead atoms. The van der Waals surface area contributed by atoms with Crippen molar-refractivity contribution in [1.82, 2.24) is 15.0 Å². The van der Waals surface area contributed by atoms with Crippen molar-refractivity contribution in [2.45, 2.75) is 0 Å². The molecule has 0 amide bonds. The molecule has 1 aromatic heterocycles. The van der Waals surface area contributed by atoms with Crippen LogP contribution in [0, 0.1) is 0 Å². The second kappa shape index (κ2) is 10.9. The third-order valence-corrected chi connectivity index (χ3v) is 7.07. The highest BCUT2D eigenvalue weighted by molar-refractivity contribution is 5.91. The Hall–Kier alpha value is -5.61. The predicted octanol–water partition coefficient (Wildman–Crippen LogP) is 9.50. The van der Waals surface area contributed by atoms with Crippen molar-refractivity contribution in [3.05, 3.63) is 158 Å². The molecule has 194 valence electrons. The summed E-state index contributed by atoms with van der Waals surface area (Å²) in [7, 11) is 0. The highest BCUT2D eigenvalue weighted by Crippen LogP contribution is 2.36. The van der Waals surface area contributed by atoms with Crippen LogP contribution >= 0.6 is 0 Å². The van der Waals surface area contributed by atoms with Crippen molar-refractivity contribution in [2.75, 3.05) is 4.90 Å². The number of rotatable bonds is 6. The van der Waals surface area contributed by atoms with Gasteiger partial charge in [-0.2, -0.15) is 0 Å². The molecule has 0 saturated heterocycles. The summed E-state index contributed by atoms with van der Waals surface area (Å²) in [5, 5.41) is 2.26. The molecular weight excluding hydrogens is 500 g/mol. The number of para-hydroxylation sites is 2. The van der Waals surface area contributed by atoms with E-state index >= 15 is 0 Å². The summed E-state index contributed by atoms with van der Waals surface area (Å²) in [6.45, 7) is 0. The minimum absolute atomic E-state index is 0.652. The van der Waals surface area contributed by atoms with Crippen LogP contribution in [0.2, 0.25) is 0 Å². The van der Waals surface area contributed by atoms with E-state index in [0.29, 0.717) is 17.5 Å². The van der Waals surface area contributed by atoms with Crippen LogP contribution in [0.5, 0.6) is 0 Å². The van der Waals surface area contributed by atoms with Gasteiger partial charge in [-0.3, -0.25) is 0 Å². The van der Waals surface area contributed by atoms with Crippen LogP contribution in [0.1, 0.15) is 0 Å². The van der Waals surface area contributed by atoms with Crippen molar-refractivity contribution in [3.63, 3.8) is 0 Å². The molecule has 6 aromatic carbocycles. The van der Waals surface area contributed by atoms with Crippen LogP contribution in [-0.2, 0) is 0 Å². The van der Waals surface area contributed by atoms with Gasteiger partial charge >= 0.3 is 0 Å². The van der Waals surface area contributed by atoms with E-state index in [1.807, 2.05) is 72.8 Å². The van der Waals surface area contributed by atoms with Crippen LogP contribution in [0.25, 0.3) is 44.9 Å². The fraction of sp³-hybridized carbons (Fsp3) is 0. The monoisotopic (exact) mass is 526 g/mol. The van der Waals surface area contributed by atoms with Crippen molar-refractivity contribution < 1.29 is 0 Å². The standard InChI is InChI=1S/C37H26N4/c1-5-13-27(14-6-1)35-38-36(28-15-7-2-8-16-28)40-37(39-35)31-22-21-30-26-34(24-23-29(30)25-31)41(32-17-9-3-10-18-32)33-19-11-4-12-20-33/h1-26H. The molecule has 0 aliphatic carbocycles. The van der Waals surface area contributed by atoms with Crippen molar-refractivity contribution >= 4 is 27.8 Å². The number of aromatic nitrogens is 3. The van der Waals surface area contributed by atoms with Gasteiger partial charge in [-0.25, -0.2) is 15.0 Å². The van der Waals surface area contributed by atoms with Gasteiger partial charge < -0.3 is 4.90 Å². The molecule has 7 aromatic rings. The molecule has 4 nitrogen and oxygen atoms in total.